The van der Waals surface area contributed by atoms with Crippen molar-refractivity contribution >= 4 is 17.8 Å². The Bertz CT molecular complexity index is 196. The van der Waals surface area contributed by atoms with Gasteiger partial charge in [-0.15, -0.1) is 0 Å². The summed E-state index contributed by atoms with van der Waals surface area (Å²) in [5.74, 6) is 1.06. The van der Waals surface area contributed by atoms with Crippen molar-refractivity contribution in [1.82, 2.24) is 9.80 Å². The molecule has 2 unspecified atom stereocenters. The first-order valence-electron chi connectivity index (χ1n) is 4.63. The SMILES string of the molecule is CC1SCCN(C(=O)N(C)C)C1C. The maximum Gasteiger partial charge on any atom is 0.319 e. The van der Waals surface area contributed by atoms with E-state index in [0.29, 0.717) is 11.3 Å². The molecule has 0 aromatic heterocycles. The second kappa shape index (κ2) is 4.22. The zero-order chi connectivity index (χ0) is 10.0. The van der Waals surface area contributed by atoms with Crippen molar-refractivity contribution in [2.45, 2.75) is 25.1 Å². The van der Waals surface area contributed by atoms with Gasteiger partial charge in [0.05, 0.1) is 0 Å². The highest BCUT2D eigenvalue weighted by Crippen LogP contribution is 2.24. The minimum atomic E-state index is 0.139. The molecule has 4 heteroatoms. The first-order chi connectivity index (χ1) is 6.04. The van der Waals surface area contributed by atoms with E-state index in [1.807, 2.05) is 30.8 Å². The Hall–Kier alpha value is -0.380. The van der Waals surface area contributed by atoms with Gasteiger partial charge in [-0.2, -0.15) is 11.8 Å². The number of rotatable bonds is 0. The number of urea groups is 1. The molecule has 0 bridgehead atoms. The van der Waals surface area contributed by atoms with E-state index in [4.69, 9.17) is 0 Å². The van der Waals surface area contributed by atoms with Crippen LogP contribution in [-0.2, 0) is 0 Å². The van der Waals surface area contributed by atoms with Crippen molar-refractivity contribution in [1.29, 1.82) is 0 Å². The Labute approximate surface area is 84.5 Å². The van der Waals surface area contributed by atoms with E-state index >= 15 is 0 Å². The standard InChI is InChI=1S/C9H18N2OS/c1-7-8(2)13-6-5-11(7)9(12)10(3)4/h7-8H,5-6H2,1-4H3. The van der Waals surface area contributed by atoms with Gasteiger partial charge in [0.15, 0.2) is 0 Å². The van der Waals surface area contributed by atoms with Crippen LogP contribution in [0.2, 0.25) is 0 Å². The van der Waals surface area contributed by atoms with Crippen molar-refractivity contribution < 1.29 is 4.79 Å². The Balaban J connectivity index is 2.62. The largest absolute Gasteiger partial charge is 0.331 e. The number of thioether (sulfide) groups is 1. The van der Waals surface area contributed by atoms with Crippen LogP contribution in [0, 0.1) is 0 Å². The van der Waals surface area contributed by atoms with Crippen LogP contribution in [0.25, 0.3) is 0 Å². The molecule has 0 aromatic rings. The molecule has 1 rings (SSSR count). The monoisotopic (exact) mass is 202 g/mol. The van der Waals surface area contributed by atoms with Crippen molar-refractivity contribution in [3.63, 3.8) is 0 Å². The average Bonchev–Trinajstić information content (AvgIpc) is 2.08. The first kappa shape index (κ1) is 10.7. The molecule has 1 aliphatic heterocycles. The van der Waals surface area contributed by atoms with E-state index in [1.54, 1.807) is 4.90 Å². The maximum absolute atomic E-state index is 11.7. The number of carbonyl (C=O) groups excluding carboxylic acids is 1. The Kier molecular flexibility index (Phi) is 3.47. The molecule has 1 aliphatic rings. The number of hydrogen-bond acceptors (Lipinski definition) is 2. The van der Waals surface area contributed by atoms with Gasteiger partial charge in [-0.1, -0.05) is 6.92 Å². The van der Waals surface area contributed by atoms with Gasteiger partial charge in [0.25, 0.3) is 0 Å². The van der Waals surface area contributed by atoms with E-state index in [1.165, 1.54) is 0 Å². The summed E-state index contributed by atoms with van der Waals surface area (Å²) in [6, 6.07) is 0.494. The van der Waals surface area contributed by atoms with Crippen molar-refractivity contribution in [3.05, 3.63) is 0 Å². The summed E-state index contributed by atoms with van der Waals surface area (Å²) in [7, 11) is 3.61. The average molecular weight is 202 g/mol. The van der Waals surface area contributed by atoms with Gasteiger partial charge in [0.1, 0.15) is 0 Å². The minimum Gasteiger partial charge on any atom is -0.331 e. The summed E-state index contributed by atoms with van der Waals surface area (Å²) in [4.78, 5) is 15.3. The summed E-state index contributed by atoms with van der Waals surface area (Å²) >= 11 is 1.95. The van der Waals surface area contributed by atoms with Gasteiger partial charge in [-0.25, -0.2) is 4.79 Å². The van der Waals surface area contributed by atoms with E-state index < -0.39 is 0 Å². The lowest BCUT2D eigenvalue weighted by Crippen LogP contribution is -2.51. The number of amides is 2. The van der Waals surface area contributed by atoms with Crippen LogP contribution in [0.5, 0.6) is 0 Å². The summed E-state index contributed by atoms with van der Waals surface area (Å²) in [5, 5.41) is 0.553. The molecule has 1 heterocycles. The van der Waals surface area contributed by atoms with E-state index in [-0.39, 0.29) is 6.03 Å². The summed E-state index contributed by atoms with van der Waals surface area (Å²) in [6.07, 6.45) is 0. The van der Waals surface area contributed by atoms with Crippen LogP contribution in [0.4, 0.5) is 4.79 Å². The number of carbonyl (C=O) groups is 1. The third-order valence-corrected chi connectivity index (χ3v) is 3.85. The van der Waals surface area contributed by atoms with Crippen molar-refractivity contribution in [3.8, 4) is 0 Å². The molecule has 0 spiro atoms. The molecular formula is C9H18N2OS. The Morgan fingerprint density at radius 1 is 1.46 bits per heavy atom. The van der Waals surface area contributed by atoms with E-state index in [0.717, 1.165) is 12.3 Å². The zero-order valence-electron chi connectivity index (χ0n) is 8.78. The van der Waals surface area contributed by atoms with Crippen LogP contribution < -0.4 is 0 Å². The van der Waals surface area contributed by atoms with E-state index in [9.17, 15) is 4.79 Å². The molecule has 2 atom stereocenters. The fourth-order valence-corrected chi connectivity index (χ4v) is 2.56. The van der Waals surface area contributed by atoms with Gasteiger partial charge in [-0.3, -0.25) is 0 Å². The fourth-order valence-electron chi connectivity index (χ4n) is 1.46. The molecular weight excluding hydrogens is 184 g/mol. The second-order valence-corrected chi connectivity index (χ2v) is 5.17. The van der Waals surface area contributed by atoms with Crippen molar-refractivity contribution in [2.24, 2.45) is 0 Å². The van der Waals surface area contributed by atoms with Gasteiger partial charge in [-0.05, 0) is 6.92 Å². The van der Waals surface area contributed by atoms with Crippen LogP contribution in [-0.4, -0.2) is 53.5 Å². The minimum absolute atomic E-state index is 0.139. The lowest BCUT2D eigenvalue weighted by Gasteiger charge is -2.38. The summed E-state index contributed by atoms with van der Waals surface area (Å²) in [6.45, 7) is 5.19. The van der Waals surface area contributed by atoms with Crippen LogP contribution in [0.1, 0.15) is 13.8 Å². The number of hydrogen-bond donors (Lipinski definition) is 0. The van der Waals surface area contributed by atoms with Crippen LogP contribution in [0.15, 0.2) is 0 Å². The molecule has 1 saturated heterocycles. The first-order valence-corrected chi connectivity index (χ1v) is 5.68. The molecule has 0 saturated carbocycles. The van der Waals surface area contributed by atoms with Crippen molar-refractivity contribution in [2.75, 3.05) is 26.4 Å². The molecule has 0 aliphatic carbocycles. The third kappa shape index (κ3) is 2.30. The van der Waals surface area contributed by atoms with E-state index in [2.05, 4.69) is 13.8 Å². The predicted octanol–water partition coefficient (Wildman–Crippen LogP) is 1.49. The molecule has 0 N–H and O–H groups in total. The predicted molar refractivity (Wildman–Crippen MR) is 57.2 cm³/mol. The lowest BCUT2D eigenvalue weighted by molar-refractivity contribution is 0.154. The second-order valence-electron chi connectivity index (χ2n) is 3.69. The van der Waals surface area contributed by atoms with Crippen LogP contribution in [0.3, 0.4) is 0 Å². The Morgan fingerprint density at radius 3 is 2.62 bits per heavy atom. The van der Waals surface area contributed by atoms with Gasteiger partial charge in [0.2, 0.25) is 0 Å². The molecule has 2 amide bonds. The van der Waals surface area contributed by atoms with Gasteiger partial charge in [0, 0.05) is 37.7 Å². The number of nitrogens with zero attached hydrogens (tertiary/aromatic N) is 2. The molecule has 0 aromatic carbocycles. The fraction of sp³-hybridized carbons (Fsp3) is 0.889. The summed E-state index contributed by atoms with van der Waals surface area (Å²) in [5.41, 5.74) is 0. The zero-order valence-corrected chi connectivity index (χ0v) is 9.60. The third-order valence-electron chi connectivity index (χ3n) is 2.51. The highest BCUT2D eigenvalue weighted by Gasteiger charge is 2.29. The molecule has 0 radical (unpaired) electrons. The molecule has 3 nitrogen and oxygen atoms in total. The highest BCUT2D eigenvalue weighted by molar-refractivity contribution is 8.00. The molecule has 13 heavy (non-hydrogen) atoms. The Morgan fingerprint density at radius 2 is 2.08 bits per heavy atom. The normalized spacial score (nSPS) is 28.8. The lowest BCUT2D eigenvalue weighted by atomic mass is 10.2. The topological polar surface area (TPSA) is 23.6 Å². The smallest absolute Gasteiger partial charge is 0.319 e. The highest BCUT2D eigenvalue weighted by atomic mass is 32.2. The maximum atomic E-state index is 11.7. The van der Waals surface area contributed by atoms with Crippen LogP contribution >= 0.6 is 11.8 Å². The molecule has 76 valence electrons. The van der Waals surface area contributed by atoms with Gasteiger partial charge < -0.3 is 9.80 Å². The van der Waals surface area contributed by atoms with Gasteiger partial charge >= 0.3 is 6.03 Å². The quantitative estimate of drug-likeness (QED) is 0.594. The summed E-state index contributed by atoms with van der Waals surface area (Å²) < 4.78 is 0. The molecule has 1 fully saturated rings.